The van der Waals surface area contributed by atoms with Gasteiger partial charge in [0.2, 0.25) is 0 Å². The predicted octanol–water partition coefficient (Wildman–Crippen LogP) is 2.60. The SMILES string of the molecule is OB(OOc1ccccc1)c1ccc2ccsc2c1. The van der Waals surface area contributed by atoms with Crippen molar-refractivity contribution in [3.05, 3.63) is 60.0 Å². The van der Waals surface area contributed by atoms with Crippen molar-refractivity contribution in [3.63, 3.8) is 0 Å². The van der Waals surface area contributed by atoms with Crippen LogP contribution in [0.3, 0.4) is 0 Å². The molecule has 0 saturated heterocycles. The molecule has 19 heavy (non-hydrogen) atoms. The molecule has 0 unspecified atom stereocenters. The molecule has 0 fully saturated rings. The van der Waals surface area contributed by atoms with Crippen LogP contribution in [0.15, 0.2) is 60.0 Å². The fourth-order valence-corrected chi connectivity index (χ4v) is 2.60. The Hall–Kier alpha value is -1.82. The van der Waals surface area contributed by atoms with Crippen LogP contribution in [0.1, 0.15) is 0 Å². The molecule has 3 nitrogen and oxygen atoms in total. The summed E-state index contributed by atoms with van der Waals surface area (Å²) in [7, 11) is -1.10. The predicted molar refractivity (Wildman–Crippen MR) is 77.6 cm³/mol. The highest BCUT2D eigenvalue weighted by atomic mass is 32.1. The third kappa shape index (κ3) is 2.79. The number of para-hydroxylation sites is 1. The average molecular weight is 270 g/mol. The third-order valence-corrected chi connectivity index (χ3v) is 3.62. The fraction of sp³-hybridized carbons (Fsp3) is 0. The van der Waals surface area contributed by atoms with Gasteiger partial charge < -0.3 is 9.91 Å². The van der Waals surface area contributed by atoms with Crippen molar-refractivity contribution in [2.45, 2.75) is 0 Å². The molecule has 0 spiro atoms. The molecule has 3 aromatic rings. The molecule has 94 valence electrons. The van der Waals surface area contributed by atoms with E-state index in [4.69, 9.17) is 9.69 Å². The van der Waals surface area contributed by atoms with Gasteiger partial charge in [-0.2, -0.15) is 0 Å². The average Bonchev–Trinajstić information content (AvgIpc) is 2.93. The maximum Gasteiger partial charge on any atom is 0.538 e. The van der Waals surface area contributed by atoms with Gasteiger partial charge in [-0.3, -0.25) is 0 Å². The lowest BCUT2D eigenvalue weighted by molar-refractivity contribution is -0.117. The van der Waals surface area contributed by atoms with Gasteiger partial charge in [0.25, 0.3) is 0 Å². The van der Waals surface area contributed by atoms with Crippen LogP contribution in [0.25, 0.3) is 10.1 Å². The number of rotatable bonds is 4. The van der Waals surface area contributed by atoms with E-state index in [-0.39, 0.29) is 0 Å². The molecule has 2 aromatic carbocycles. The van der Waals surface area contributed by atoms with Crippen LogP contribution in [-0.2, 0) is 4.81 Å². The van der Waals surface area contributed by atoms with Gasteiger partial charge in [-0.1, -0.05) is 30.3 Å². The second-order valence-electron chi connectivity index (χ2n) is 4.06. The highest BCUT2D eigenvalue weighted by molar-refractivity contribution is 7.17. The Morgan fingerprint density at radius 2 is 1.84 bits per heavy atom. The molecule has 1 aromatic heterocycles. The van der Waals surface area contributed by atoms with Crippen LogP contribution < -0.4 is 10.4 Å². The van der Waals surface area contributed by atoms with Gasteiger partial charge in [0.15, 0.2) is 5.75 Å². The van der Waals surface area contributed by atoms with Crippen LogP contribution in [0.2, 0.25) is 0 Å². The van der Waals surface area contributed by atoms with Crippen LogP contribution in [-0.4, -0.2) is 12.1 Å². The molecule has 0 aliphatic heterocycles. The first-order chi connectivity index (χ1) is 9.33. The minimum atomic E-state index is -1.10. The minimum absolute atomic E-state index is 0.554. The summed E-state index contributed by atoms with van der Waals surface area (Å²) in [6.45, 7) is 0. The van der Waals surface area contributed by atoms with Crippen molar-refractivity contribution in [2.75, 3.05) is 0 Å². The van der Waals surface area contributed by atoms with Crippen LogP contribution in [0, 0.1) is 0 Å². The largest absolute Gasteiger partial charge is 0.538 e. The number of fused-ring (bicyclic) bond motifs is 1. The standard InChI is InChI=1S/C14H11BO3S/c16-15(18-17-13-4-2-1-3-5-13)12-7-6-11-8-9-19-14(11)10-12/h1-10,16H. The number of hydrogen-bond acceptors (Lipinski definition) is 4. The molecule has 0 bridgehead atoms. The van der Waals surface area contributed by atoms with E-state index in [1.54, 1.807) is 23.5 Å². The van der Waals surface area contributed by atoms with Gasteiger partial charge in [-0.05, 0) is 40.5 Å². The molecule has 0 radical (unpaired) electrons. The molecular formula is C14H11BO3S. The fourth-order valence-electron chi connectivity index (χ4n) is 1.76. The first-order valence-corrected chi connectivity index (χ1v) is 6.74. The maximum absolute atomic E-state index is 9.94. The topological polar surface area (TPSA) is 38.7 Å². The summed E-state index contributed by atoms with van der Waals surface area (Å²) in [5.74, 6) is 0.554. The minimum Gasteiger partial charge on any atom is -0.421 e. The van der Waals surface area contributed by atoms with E-state index in [2.05, 4.69) is 0 Å². The molecule has 5 heteroatoms. The van der Waals surface area contributed by atoms with Crippen LogP contribution in [0.5, 0.6) is 5.75 Å². The summed E-state index contributed by atoms with van der Waals surface area (Å²) in [4.78, 5) is 10.1. The highest BCUT2D eigenvalue weighted by Crippen LogP contribution is 2.19. The van der Waals surface area contributed by atoms with Crippen molar-refractivity contribution in [1.29, 1.82) is 0 Å². The summed E-state index contributed by atoms with van der Waals surface area (Å²) in [5, 5.41) is 13.1. The summed E-state index contributed by atoms with van der Waals surface area (Å²) in [5.41, 5.74) is 0.672. The van der Waals surface area contributed by atoms with Crippen molar-refractivity contribution in [2.24, 2.45) is 0 Å². The van der Waals surface area contributed by atoms with E-state index in [0.29, 0.717) is 11.2 Å². The summed E-state index contributed by atoms with van der Waals surface area (Å²) in [6.07, 6.45) is 0. The monoisotopic (exact) mass is 270 g/mol. The van der Waals surface area contributed by atoms with Crippen molar-refractivity contribution in [1.82, 2.24) is 0 Å². The van der Waals surface area contributed by atoms with Gasteiger partial charge in [-0.25, -0.2) is 4.81 Å². The second kappa shape index (κ2) is 5.44. The zero-order valence-electron chi connectivity index (χ0n) is 10.0. The summed E-state index contributed by atoms with van der Waals surface area (Å²) in [6, 6.07) is 16.8. The zero-order chi connectivity index (χ0) is 13.1. The lowest BCUT2D eigenvalue weighted by Gasteiger charge is -2.08. The van der Waals surface area contributed by atoms with Gasteiger partial charge in [0, 0.05) is 4.70 Å². The molecule has 0 amide bonds. The van der Waals surface area contributed by atoms with E-state index in [1.165, 1.54) is 0 Å². The Balaban J connectivity index is 1.71. The van der Waals surface area contributed by atoms with Crippen LogP contribution >= 0.6 is 11.3 Å². The van der Waals surface area contributed by atoms with Gasteiger partial charge in [0.05, 0.1) is 0 Å². The zero-order valence-corrected chi connectivity index (χ0v) is 10.8. The van der Waals surface area contributed by atoms with E-state index in [9.17, 15) is 5.02 Å². The number of hydrogen-bond donors (Lipinski definition) is 1. The highest BCUT2D eigenvalue weighted by Gasteiger charge is 2.19. The molecule has 0 aliphatic carbocycles. The second-order valence-corrected chi connectivity index (χ2v) is 5.01. The molecule has 0 atom stereocenters. The summed E-state index contributed by atoms with van der Waals surface area (Å²) >= 11 is 1.63. The lowest BCUT2D eigenvalue weighted by Crippen LogP contribution is -2.34. The van der Waals surface area contributed by atoms with Gasteiger partial charge >= 0.3 is 7.12 Å². The molecule has 0 saturated carbocycles. The number of thiophene rings is 1. The maximum atomic E-state index is 9.94. The molecule has 3 rings (SSSR count). The molecular weight excluding hydrogens is 259 g/mol. The van der Waals surface area contributed by atoms with E-state index in [1.807, 2.05) is 47.8 Å². The first-order valence-electron chi connectivity index (χ1n) is 5.86. The van der Waals surface area contributed by atoms with Gasteiger partial charge in [-0.15, -0.1) is 11.3 Å². The first kappa shape index (κ1) is 12.2. The summed E-state index contributed by atoms with van der Waals surface area (Å²) < 4.78 is 1.11. The molecule has 0 aliphatic rings. The molecule has 1 N–H and O–H groups in total. The van der Waals surface area contributed by atoms with E-state index in [0.717, 1.165) is 10.1 Å². The van der Waals surface area contributed by atoms with E-state index < -0.39 is 7.12 Å². The smallest absolute Gasteiger partial charge is 0.421 e. The van der Waals surface area contributed by atoms with Crippen molar-refractivity contribution < 1.29 is 14.7 Å². The Kier molecular flexibility index (Phi) is 3.50. The van der Waals surface area contributed by atoms with Crippen LogP contribution in [0.4, 0.5) is 0 Å². The quantitative estimate of drug-likeness (QED) is 0.450. The van der Waals surface area contributed by atoms with Crippen molar-refractivity contribution >= 4 is 34.0 Å². The lowest BCUT2D eigenvalue weighted by atomic mass is 9.80. The number of benzene rings is 2. The van der Waals surface area contributed by atoms with Crippen molar-refractivity contribution in [3.8, 4) is 5.75 Å². The Morgan fingerprint density at radius 1 is 1.00 bits per heavy atom. The normalized spacial score (nSPS) is 10.6. The van der Waals surface area contributed by atoms with E-state index >= 15 is 0 Å². The Labute approximate surface area is 115 Å². The third-order valence-electron chi connectivity index (χ3n) is 2.74. The Morgan fingerprint density at radius 3 is 2.68 bits per heavy atom. The molecule has 1 heterocycles. The van der Waals surface area contributed by atoms with Gasteiger partial charge in [0.1, 0.15) is 0 Å². The Bertz CT molecular complexity index is 669.